The van der Waals surface area contributed by atoms with Crippen molar-refractivity contribution in [3.05, 3.63) is 28.8 Å². The minimum atomic E-state index is -0.113. The molecule has 0 bridgehead atoms. The molecule has 0 aliphatic carbocycles. The summed E-state index contributed by atoms with van der Waals surface area (Å²) in [5, 5.41) is 3.76. The largest absolute Gasteiger partial charge is 0.487 e. The third-order valence-electron chi connectivity index (χ3n) is 4.87. The summed E-state index contributed by atoms with van der Waals surface area (Å²) in [6.45, 7) is 17.5. The van der Waals surface area contributed by atoms with E-state index in [1.165, 1.54) is 16.7 Å². The highest BCUT2D eigenvalue weighted by molar-refractivity contribution is 5.48. The molecule has 0 saturated carbocycles. The average Bonchev–Trinajstić information content (AvgIpc) is 2.47. The molecule has 1 unspecified atom stereocenters. The van der Waals surface area contributed by atoms with Crippen LogP contribution in [0.1, 0.15) is 56.8 Å². The Morgan fingerprint density at radius 1 is 1.23 bits per heavy atom. The summed E-state index contributed by atoms with van der Waals surface area (Å²) in [7, 11) is 0. The van der Waals surface area contributed by atoms with Gasteiger partial charge in [-0.05, 0) is 51.9 Å². The minimum absolute atomic E-state index is 0.113. The molecule has 3 heteroatoms. The lowest BCUT2D eigenvalue weighted by molar-refractivity contribution is 0.0645. The molecule has 0 spiro atoms. The van der Waals surface area contributed by atoms with Crippen LogP contribution in [0.15, 0.2) is 12.1 Å². The van der Waals surface area contributed by atoms with Gasteiger partial charge in [0.1, 0.15) is 11.4 Å². The number of nitrogens with zero attached hydrogens (tertiary/aromatic N) is 1. The van der Waals surface area contributed by atoms with Gasteiger partial charge in [0.25, 0.3) is 0 Å². The summed E-state index contributed by atoms with van der Waals surface area (Å²) in [5.41, 5.74) is 3.79. The molecule has 2 rings (SSSR count). The molecule has 0 radical (unpaired) electrons. The van der Waals surface area contributed by atoms with Crippen molar-refractivity contribution < 1.29 is 4.74 Å². The van der Waals surface area contributed by atoms with Gasteiger partial charge in [-0.1, -0.05) is 26.0 Å². The number of hydrogen-bond donors (Lipinski definition) is 1. The summed E-state index contributed by atoms with van der Waals surface area (Å²) in [6.07, 6.45) is 1.01. The molecule has 1 N–H and O–H groups in total. The smallest absolute Gasteiger partial charge is 0.128 e. The van der Waals surface area contributed by atoms with Gasteiger partial charge in [0.15, 0.2) is 0 Å². The Hall–Kier alpha value is -1.06. The first-order valence-electron chi connectivity index (χ1n) is 8.62. The number of benzene rings is 1. The Morgan fingerprint density at radius 2 is 1.91 bits per heavy atom. The van der Waals surface area contributed by atoms with E-state index in [4.69, 9.17) is 4.74 Å². The lowest BCUT2D eigenvalue weighted by atomic mass is 9.87. The van der Waals surface area contributed by atoms with Crippen molar-refractivity contribution in [2.24, 2.45) is 0 Å². The van der Waals surface area contributed by atoms with E-state index in [0.29, 0.717) is 6.04 Å². The first-order valence-corrected chi connectivity index (χ1v) is 8.62. The van der Waals surface area contributed by atoms with Crippen LogP contribution in [-0.2, 0) is 0 Å². The number of aryl methyl sites for hydroxylation is 1. The Balaban J connectivity index is 2.14. The third-order valence-corrected chi connectivity index (χ3v) is 4.87. The van der Waals surface area contributed by atoms with Crippen molar-refractivity contribution in [2.45, 2.75) is 59.6 Å². The van der Waals surface area contributed by atoms with Crippen LogP contribution in [0, 0.1) is 13.8 Å². The van der Waals surface area contributed by atoms with Gasteiger partial charge < -0.3 is 15.0 Å². The van der Waals surface area contributed by atoms with Gasteiger partial charge in [0.2, 0.25) is 0 Å². The molecule has 1 aromatic carbocycles. The van der Waals surface area contributed by atoms with Crippen LogP contribution in [-0.4, -0.2) is 36.7 Å². The number of hydrogen-bond acceptors (Lipinski definition) is 3. The van der Waals surface area contributed by atoms with Gasteiger partial charge in [-0.3, -0.25) is 0 Å². The maximum atomic E-state index is 6.28. The number of fused-ring (bicyclic) bond motifs is 1. The molecule has 3 nitrogen and oxygen atoms in total. The topological polar surface area (TPSA) is 24.5 Å². The van der Waals surface area contributed by atoms with E-state index in [0.717, 1.165) is 38.3 Å². The molecule has 1 atom stereocenters. The average molecular weight is 304 g/mol. The van der Waals surface area contributed by atoms with Crippen molar-refractivity contribution in [1.82, 2.24) is 10.2 Å². The van der Waals surface area contributed by atoms with E-state index >= 15 is 0 Å². The maximum absolute atomic E-state index is 6.28. The van der Waals surface area contributed by atoms with Crippen LogP contribution < -0.4 is 10.1 Å². The molecule has 0 fully saturated rings. The van der Waals surface area contributed by atoms with Crippen LogP contribution in [0.5, 0.6) is 5.75 Å². The predicted octanol–water partition coefficient (Wildman–Crippen LogP) is 3.84. The second-order valence-corrected chi connectivity index (χ2v) is 7.03. The zero-order chi connectivity index (χ0) is 16.3. The molecule has 0 aromatic heterocycles. The van der Waals surface area contributed by atoms with Crippen molar-refractivity contribution in [3.63, 3.8) is 0 Å². The van der Waals surface area contributed by atoms with Crippen LogP contribution in [0.4, 0.5) is 0 Å². The van der Waals surface area contributed by atoms with Crippen molar-refractivity contribution in [1.29, 1.82) is 0 Å². The van der Waals surface area contributed by atoms with Gasteiger partial charge in [0.05, 0.1) is 0 Å². The molecule has 124 valence electrons. The lowest BCUT2D eigenvalue weighted by Crippen LogP contribution is -2.42. The molecule has 1 aliphatic rings. The SMILES string of the molecule is CCN(CC)CCNC1CC(C)(C)Oc2c1ccc(C)c2C. The van der Waals surface area contributed by atoms with Crippen LogP contribution in [0.3, 0.4) is 0 Å². The molecule has 1 aromatic rings. The van der Waals surface area contributed by atoms with Crippen molar-refractivity contribution in [3.8, 4) is 5.75 Å². The Morgan fingerprint density at radius 3 is 2.55 bits per heavy atom. The van der Waals surface area contributed by atoms with Gasteiger partial charge >= 0.3 is 0 Å². The quantitative estimate of drug-likeness (QED) is 0.864. The second-order valence-electron chi connectivity index (χ2n) is 7.03. The van der Waals surface area contributed by atoms with E-state index < -0.39 is 0 Å². The van der Waals surface area contributed by atoms with E-state index in [9.17, 15) is 0 Å². The van der Waals surface area contributed by atoms with Crippen LogP contribution >= 0.6 is 0 Å². The van der Waals surface area contributed by atoms with Gasteiger partial charge in [-0.25, -0.2) is 0 Å². The standard InChI is InChI=1S/C19H32N2O/c1-7-21(8-2)12-11-20-17-13-19(5,6)22-18-15(4)14(3)9-10-16(17)18/h9-10,17,20H,7-8,11-13H2,1-6H3. The van der Waals surface area contributed by atoms with E-state index in [-0.39, 0.29) is 5.60 Å². The van der Waals surface area contributed by atoms with Gasteiger partial charge in [-0.2, -0.15) is 0 Å². The fraction of sp³-hybridized carbons (Fsp3) is 0.684. The fourth-order valence-electron chi connectivity index (χ4n) is 3.26. The molecule has 1 aliphatic heterocycles. The Labute approximate surface area is 136 Å². The first kappa shape index (κ1) is 17.3. The highest BCUT2D eigenvalue weighted by Gasteiger charge is 2.34. The summed E-state index contributed by atoms with van der Waals surface area (Å²) >= 11 is 0. The van der Waals surface area contributed by atoms with E-state index in [1.807, 2.05) is 0 Å². The highest BCUT2D eigenvalue weighted by Crippen LogP contribution is 2.42. The monoisotopic (exact) mass is 304 g/mol. The summed E-state index contributed by atoms with van der Waals surface area (Å²) in [6, 6.07) is 4.84. The zero-order valence-corrected chi connectivity index (χ0v) is 15.1. The summed E-state index contributed by atoms with van der Waals surface area (Å²) in [4.78, 5) is 2.46. The zero-order valence-electron chi connectivity index (χ0n) is 15.1. The molecule has 0 saturated heterocycles. The normalized spacial score (nSPS) is 19.9. The number of ether oxygens (including phenoxy) is 1. The third kappa shape index (κ3) is 3.82. The number of rotatable bonds is 6. The van der Waals surface area contributed by atoms with E-state index in [2.05, 4.69) is 63.9 Å². The maximum Gasteiger partial charge on any atom is 0.128 e. The molecular formula is C19H32N2O. The van der Waals surface area contributed by atoms with Crippen LogP contribution in [0.2, 0.25) is 0 Å². The number of nitrogens with one attached hydrogen (secondary N) is 1. The minimum Gasteiger partial charge on any atom is -0.487 e. The van der Waals surface area contributed by atoms with Crippen molar-refractivity contribution >= 4 is 0 Å². The van der Waals surface area contributed by atoms with Gasteiger partial charge in [-0.15, -0.1) is 0 Å². The highest BCUT2D eigenvalue weighted by atomic mass is 16.5. The summed E-state index contributed by atoms with van der Waals surface area (Å²) in [5.74, 6) is 1.09. The predicted molar refractivity (Wildman–Crippen MR) is 93.8 cm³/mol. The fourth-order valence-corrected chi connectivity index (χ4v) is 3.26. The summed E-state index contributed by atoms with van der Waals surface area (Å²) < 4.78 is 6.28. The molecule has 22 heavy (non-hydrogen) atoms. The van der Waals surface area contributed by atoms with E-state index in [1.54, 1.807) is 0 Å². The molecule has 1 heterocycles. The second kappa shape index (κ2) is 7.01. The van der Waals surface area contributed by atoms with Crippen LogP contribution in [0.25, 0.3) is 0 Å². The molecular weight excluding hydrogens is 272 g/mol. The van der Waals surface area contributed by atoms with Gasteiger partial charge in [0, 0.05) is 31.1 Å². The lowest BCUT2D eigenvalue weighted by Gasteiger charge is -2.39. The van der Waals surface area contributed by atoms with Crippen molar-refractivity contribution in [2.75, 3.05) is 26.2 Å². The Kier molecular flexibility index (Phi) is 5.51. The first-order chi connectivity index (χ1) is 10.4. The molecule has 0 amide bonds. The number of likely N-dealkylation sites (N-methyl/N-ethyl adjacent to an activating group) is 1. The Bertz CT molecular complexity index is 506.